The van der Waals surface area contributed by atoms with Crippen LogP contribution >= 0.6 is 0 Å². The number of amides is 1. The van der Waals surface area contributed by atoms with Crippen molar-refractivity contribution < 1.29 is 4.79 Å². The maximum atomic E-state index is 12.4. The van der Waals surface area contributed by atoms with Crippen molar-refractivity contribution in [2.24, 2.45) is 5.92 Å². The number of aryl methyl sites for hydroxylation is 1. The lowest BCUT2D eigenvalue weighted by molar-refractivity contribution is -0.125. The summed E-state index contributed by atoms with van der Waals surface area (Å²) in [5.41, 5.74) is 3.66. The molecule has 3 rings (SSSR count). The molecule has 0 bridgehead atoms. The van der Waals surface area contributed by atoms with Gasteiger partial charge in [0.25, 0.3) is 0 Å². The summed E-state index contributed by atoms with van der Waals surface area (Å²) in [7, 11) is 0. The van der Waals surface area contributed by atoms with E-state index in [2.05, 4.69) is 65.7 Å². The first-order chi connectivity index (χ1) is 11.2. The minimum Gasteiger partial charge on any atom is -0.371 e. The Kier molecular flexibility index (Phi) is 4.96. The lowest BCUT2D eigenvalue weighted by atomic mass is 9.95. The van der Waals surface area contributed by atoms with Gasteiger partial charge in [-0.3, -0.25) is 4.79 Å². The fourth-order valence-electron chi connectivity index (χ4n) is 3.08. The summed E-state index contributed by atoms with van der Waals surface area (Å²) in [4.78, 5) is 14.7. The Morgan fingerprint density at radius 3 is 2.35 bits per heavy atom. The number of nitrogens with zero attached hydrogens (tertiary/aromatic N) is 1. The molecule has 3 heteroatoms. The van der Waals surface area contributed by atoms with E-state index in [1.54, 1.807) is 0 Å². The minimum atomic E-state index is 0.139. The van der Waals surface area contributed by atoms with Crippen LogP contribution in [-0.2, 0) is 11.3 Å². The molecule has 0 spiro atoms. The molecule has 1 aliphatic heterocycles. The molecule has 3 nitrogen and oxygen atoms in total. The van der Waals surface area contributed by atoms with Gasteiger partial charge in [0.05, 0.1) is 0 Å². The number of hydrogen-bond donors (Lipinski definition) is 1. The number of rotatable bonds is 4. The van der Waals surface area contributed by atoms with Gasteiger partial charge in [0.1, 0.15) is 0 Å². The molecule has 0 saturated carbocycles. The third-order valence-corrected chi connectivity index (χ3v) is 4.57. The van der Waals surface area contributed by atoms with E-state index < -0.39 is 0 Å². The predicted molar refractivity (Wildman–Crippen MR) is 94.4 cm³/mol. The molecule has 1 aliphatic rings. The van der Waals surface area contributed by atoms with Crippen molar-refractivity contribution in [3.05, 3.63) is 65.7 Å². The normalized spacial score (nSPS) is 15.4. The molecule has 0 radical (unpaired) electrons. The lowest BCUT2D eigenvalue weighted by Gasteiger charge is -2.33. The van der Waals surface area contributed by atoms with Crippen LogP contribution in [0.25, 0.3) is 0 Å². The van der Waals surface area contributed by atoms with E-state index in [1.165, 1.54) is 11.3 Å². The van der Waals surface area contributed by atoms with Gasteiger partial charge in [0.2, 0.25) is 5.91 Å². The summed E-state index contributed by atoms with van der Waals surface area (Å²) >= 11 is 0. The zero-order valence-electron chi connectivity index (χ0n) is 13.7. The van der Waals surface area contributed by atoms with Gasteiger partial charge < -0.3 is 10.2 Å². The van der Waals surface area contributed by atoms with Gasteiger partial charge >= 0.3 is 0 Å². The third-order valence-electron chi connectivity index (χ3n) is 4.57. The summed E-state index contributed by atoms with van der Waals surface area (Å²) in [5, 5.41) is 3.09. The molecule has 2 aromatic carbocycles. The van der Waals surface area contributed by atoms with E-state index in [0.29, 0.717) is 6.54 Å². The molecule has 1 amide bonds. The van der Waals surface area contributed by atoms with Crippen molar-refractivity contribution in [3.63, 3.8) is 0 Å². The smallest absolute Gasteiger partial charge is 0.223 e. The van der Waals surface area contributed by atoms with E-state index in [4.69, 9.17) is 0 Å². The predicted octanol–water partition coefficient (Wildman–Crippen LogP) is 3.53. The zero-order chi connectivity index (χ0) is 16.1. The number of benzene rings is 2. The number of carbonyl (C=O) groups excluding carboxylic acids is 1. The number of anilines is 1. The van der Waals surface area contributed by atoms with Crippen molar-refractivity contribution in [1.29, 1.82) is 0 Å². The summed E-state index contributed by atoms with van der Waals surface area (Å²) in [6.07, 6.45) is 1.85. The second kappa shape index (κ2) is 7.32. The molecule has 0 atom stereocenters. The molecule has 2 aromatic rings. The van der Waals surface area contributed by atoms with E-state index in [9.17, 15) is 4.79 Å². The van der Waals surface area contributed by atoms with Crippen molar-refractivity contribution in [2.45, 2.75) is 26.3 Å². The van der Waals surface area contributed by atoms with Crippen LogP contribution in [-0.4, -0.2) is 19.0 Å². The molecular formula is C20H24N2O. The Labute approximate surface area is 138 Å². The van der Waals surface area contributed by atoms with Crippen molar-refractivity contribution in [3.8, 4) is 0 Å². The van der Waals surface area contributed by atoms with Crippen LogP contribution in [0.1, 0.15) is 24.0 Å². The molecule has 120 valence electrons. The molecular weight excluding hydrogens is 284 g/mol. The second-order valence-electron chi connectivity index (χ2n) is 6.30. The molecule has 0 aromatic heterocycles. The van der Waals surface area contributed by atoms with E-state index in [0.717, 1.165) is 31.5 Å². The van der Waals surface area contributed by atoms with E-state index >= 15 is 0 Å². The Hall–Kier alpha value is -2.29. The average Bonchev–Trinajstić information content (AvgIpc) is 2.62. The van der Waals surface area contributed by atoms with Crippen LogP contribution in [0.3, 0.4) is 0 Å². The van der Waals surface area contributed by atoms with Gasteiger partial charge in [-0.1, -0.05) is 48.0 Å². The van der Waals surface area contributed by atoms with Crippen LogP contribution in [0, 0.1) is 12.8 Å². The number of nitrogens with one attached hydrogen (secondary N) is 1. The highest BCUT2D eigenvalue weighted by Crippen LogP contribution is 2.23. The zero-order valence-corrected chi connectivity index (χ0v) is 13.7. The van der Waals surface area contributed by atoms with Crippen LogP contribution in [0.5, 0.6) is 0 Å². The maximum absolute atomic E-state index is 12.4. The number of carbonyl (C=O) groups is 1. The fraction of sp³-hybridized carbons (Fsp3) is 0.350. The van der Waals surface area contributed by atoms with Gasteiger partial charge in [0, 0.05) is 31.2 Å². The first kappa shape index (κ1) is 15.6. The molecule has 0 unspecified atom stereocenters. The topological polar surface area (TPSA) is 32.3 Å². The fourth-order valence-corrected chi connectivity index (χ4v) is 3.08. The van der Waals surface area contributed by atoms with E-state index in [1.807, 2.05) is 6.07 Å². The average molecular weight is 308 g/mol. The lowest BCUT2D eigenvalue weighted by Crippen LogP contribution is -2.40. The number of piperidine rings is 1. The monoisotopic (exact) mass is 308 g/mol. The van der Waals surface area contributed by atoms with Gasteiger partial charge in [-0.15, -0.1) is 0 Å². The Morgan fingerprint density at radius 2 is 1.70 bits per heavy atom. The summed E-state index contributed by atoms with van der Waals surface area (Å²) in [6, 6.07) is 18.8. The highest BCUT2D eigenvalue weighted by atomic mass is 16.1. The number of hydrogen-bond acceptors (Lipinski definition) is 2. The Bertz CT molecular complexity index is 628. The second-order valence-corrected chi connectivity index (χ2v) is 6.30. The van der Waals surface area contributed by atoms with Crippen LogP contribution < -0.4 is 10.2 Å². The first-order valence-corrected chi connectivity index (χ1v) is 8.35. The van der Waals surface area contributed by atoms with Crippen LogP contribution in [0.15, 0.2) is 54.6 Å². The molecule has 0 aliphatic carbocycles. The van der Waals surface area contributed by atoms with E-state index in [-0.39, 0.29) is 11.8 Å². The molecule has 1 saturated heterocycles. The Morgan fingerprint density at radius 1 is 1.04 bits per heavy atom. The Balaban J connectivity index is 1.47. The molecule has 23 heavy (non-hydrogen) atoms. The third kappa shape index (κ3) is 4.13. The van der Waals surface area contributed by atoms with Crippen LogP contribution in [0.4, 0.5) is 5.69 Å². The largest absolute Gasteiger partial charge is 0.371 e. The molecule has 1 N–H and O–H groups in total. The summed E-state index contributed by atoms with van der Waals surface area (Å²) in [6.45, 7) is 4.60. The highest BCUT2D eigenvalue weighted by Gasteiger charge is 2.24. The summed E-state index contributed by atoms with van der Waals surface area (Å²) in [5.74, 6) is 0.332. The number of para-hydroxylation sites is 1. The summed E-state index contributed by atoms with van der Waals surface area (Å²) < 4.78 is 0. The molecule has 1 heterocycles. The van der Waals surface area contributed by atoms with Gasteiger partial charge in [-0.05, 0) is 37.5 Å². The highest BCUT2D eigenvalue weighted by molar-refractivity contribution is 5.79. The van der Waals surface area contributed by atoms with Crippen molar-refractivity contribution in [1.82, 2.24) is 5.32 Å². The first-order valence-electron chi connectivity index (χ1n) is 8.35. The van der Waals surface area contributed by atoms with Gasteiger partial charge in [-0.25, -0.2) is 0 Å². The van der Waals surface area contributed by atoms with Gasteiger partial charge in [0.15, 0.2) is 0 Å². The van der Waals surface area contributed by atoms with Gasteiger partial charge in [-0.2, -0.15) is 0 Å². The van der Waals surface area contributed by atoms with Crippen molar-refractivity contribution >= 4 is 11.6 Å². The standard InChI is InChI=1S/C20H24N2O/c1-16-7-9-17(10-8-16)15-21-20(23)18-11-13-22(14-12-18)19-5-3-2-4-6-19/h2-10,18H,11-15H2,1H3,(H,21,23). The van der Waals surface area contributed by atoms with Crippen molar-refractivity contribution in [2.75, 3.05) is 18.0 Å². The SMILES string of the molecule is Cc1ccc(CNC(=O)C2CCN(c3ccccc3)CC2)cc1. The quantitative estimate of drug-likeness (QED) is 0.937. The molecule has 1 fully saturated rings. The van der Waals surface area contributed by atoms with Crippen LogP contribution in [0.2, 0.25) is 0 Å². The minimum absolute atomic E-state index is 0.139. The maximum Gasteiger partial charge on any atom is 0.223 e.